The van der Waals surface area contributed by atoms with Gasteiger partial charge < -0.3 is 148 Å². The van der Waals surface area contributed by atoms with E-state index in [1.807, 2.05) is 51.1 Å². The third-order valence-corrected chi connectivity index (χ3v) is 24.3. The number of aliphatic hydroxyl groups excluding tert-OH is 4. The van der Waals surface area contributed by atoms with E-state index in [2.05, 4.69) is 21.3 Å². The van der Waals surface area contributed by atoms with Crippen LogP contribution in [0.15, 0.2) is 60.7 Å². The maximum Gasteiger partial charge on any atom is 0.410 e. The number of carbonyl (C=O) groups excluding carboxylic acids is 11. The summed E-state index contributed by atoms with van der Waals surface area (Å²) in [4.78, 5) is 170. The number of hydrogen-bond acceptors (Lipinski definition) is 34. The molecule has 2 saturated heterocycles. The quantitative estimate of drug-likeness (QED) is 0.0336. The molecule has 17 atom stereocenters. The van der Waals surface area contributed by atoms with Crippen molar-refractivity contribution in [2.24, 2.45) is 41.2 Å². The van der Waals surface area contributed by atoms with Gasteiger partial charge in [-0.1, -0.05) is 98.2 Å². The summed E-state index contributed by atoms with van der Waals surface area (Å²) >= 11 is 0. The fourth-order valence-corrected chi connectivity index (χ4v) is 16.3. The molecule has 0 radical (unpaired) electrons. The van der Waals surface area contributed by atoms with Crippen LogP contribution in [0, 0.1) is 35.5 Å². The van der Waals surface area contributed by atoms with E-state index < -0.39 is 188 Å². The number of ketones is 2. The van der Waals surface area contributed by atoms with Gasteiger partial charge >= 0.3 is 12.1 Å². The maximum atomic E-state index is 15.1. The maximum absolute atomic E-state index is 15.1. The second kappa shape index (κ2) is 68.5. The highest BCUT2D eigenvalue weighted by Gasteiger charge is 2.50. The zero-order valence-corrected chi connectivity index (χ0v) is 83.8. The smallest absolute Gasteiger partial charge is 0.410 e. The van der Waals surface area contributed by atoms with Gasteiger partial charge in [0.1, 0.15) is 48.5 Å². The van der Waals surface area contributed by atoms with Crippen LogP contribution in [0.5, 0.6) is 5.75 Å². The first kappa shape index (κ1) is 122. The number of nitrogens with one attached hydrogen (secondary N) is 4. The Labute approximate surface area is 821 Å². The fraction of sp³-hybridized carbons (Fsp3) is 0.732. The number of imide groups is 1. The number of hydrogen-bond donors (Lipinski definition) is 10. The first-order chi connectivity index (χ1) is 67.2. The van der Waals surface area contributed by atoms with Gasteiger partial charge in [-0.3, -0.25) is 52.8 Å². The van der Waals surface area contributed by atoms with Gasteiger partial charge in [0.2, 0.25) is 41.7 Å². The molecular weight excluding hydrogens is 1840 g/mol. The molecule has 794 valence electrons. The molecule has 0 bridgehead atoms. The molecule has 2 fully saturated rings. The molecule has 2 aromatic rings. The lowest BCUT2D eigenvalue weighted by Gasteiger charge is -2.41. The van der Waals surface area contributed by atoms with E-state index in [1.165, 1.54) is 39.5 Å². The topological polar surface area (TPSA) is 550 Å². The molecule has 2 aromatic carbocycles. The average molecular weight is 1990 g/mol. The molecule has 9 amide bonds. The van der Waals surface area contributed by atoms with Crippen LogP contribution >= 0.6 is 0 Å². The molecular formula is C97H157N9O34. The molecule has 3 aliphatic rings. The van der Waals surface area contributed by atoms with Crippen LogP contribution in [-0.2, 0) is 135 Å². The number of ether oxygens (including phenoxy) is 17. The van der Waals surface area contributed by atoms with Gasteiger partial charge in [-0.2, -0.15) is 0 Å². The minimum Gasteiger partial charge on any atom is -0.479 e. The molecule has 0 aliphatic carbocycles. The monoisotopic (exact) mass is 1990 g/mol. The van der Waals surface area contributed by atoms with E-state index >= 15 is 4.79 Å². The van der Waals surface area contributed by atoms with Crippen molar-refractivity contribution in [1.29, 1.82) is 0 Å². The molecule has 0 saturated carbocycles. The molecule has 5 rings (SSSR count). The number of nitrogens with two attached hydrogens (primary N) is 1. The van der Waals surface area contributed by atoms with Gasteiger partial charge in [0.05, 0.1) is 201 Å². The molecule has 11 N–H and O–H groups in total. The molecule has 43 nitrogen and oxygen atoms in total. The largest absolute Gasteiger partial charge is 0.479 e. The van der Waals surface area contributed by atoms with E-state index in [-0.39, 0.29) is 105 Å². The summed E-state index contributed by atoms with van der Waals surface area (Å²) in [6.45, 7) is 22.9. The number of anilines is 1. The van der Waals surface area contributed by atoms with Gasteiger partial charge in [-0.05, 0) is 79.0 Å². The van der Waals surface area contributed by atoms with Crippen molar-refractivity contribution < 1.29 is 164 Å². The van der Waals surface area contributed by atoms with Crippen molar-refractivity contribution in [3.05, 3.63) is 71.8 Å². The lowest BCUT2D eigenvalue weighted by Crippen LogP contribution is -2.61. The molecule has 0 aromatic heterocycles. The summed E-state index contributed by atoms with van der Waals surface area (Å²) in [5.74, 6) is -10.9. The van der Waals surface area contributed by atoms with E-state index in [0.29, 0.717) is 175 Å². The number of amides is 9. The highest BCUT2D eigenvalue weighted by molar-refractivity contribution is 6.15. The van der Waals surface area contributed by atoms with Crippen molar-refractivity contribution in [3.63, 3.8) is 0 Å². The highest BCUT2D eigenvalue weighted by atomic mass is 16.7. The number of carbonyl (C=O) groups is 12. The fourth-order valence-electron chi connectivity index (χ4n) is 16.3. The number of carboxylic acids is 1. The molecule has 43 heteroatoms. The molecule has 3 aliphatic heterocycles. The van der Waals surface area contributed by atoms with Crippen LogP contribution in [0.4, 0.5) is 10.5 Å². The minimum absolute atomic E-state index is 0.0192. The van der Waals surface area contributed by atoms with Crippen LogP contribution in [0.2, 0.25) is 0 Å². The first-order valence-corrected chi connectivity index (χ1v) is 48.4. The van der Waals surface area contributed by atoms with Crippen molar-refractivity contribution in [2.45, 2.75) is 212 Å². The Balaban J connectivity index is 1.10. The lowest BCUT2D eigenvalue weighted by molar-refractivity contribution is -0.271. The van der Waals surface area contributed by atoms with Gasteiger partial charge in [0.25, 0.3) is 11.8 Å². The van der Waals surface area contributed by atoms with Crippen molar-refractivity contribution in [1.82, 2.24) is 35.6 Å². The van der Waals surface area contributed by atoms with Gasteiger partial charge in [-0.25, -0.2) is 9.59 Å². The van der Waals surface area contributed by atoms with Gasteiger partial charge in [0.15, 0.2) is 11.9 Å². The van der Waals surface area contributed by atoms with Crippen molar-refractivity contribution in [2.75, 3.05) is 219 Å². The number of likely N-dealkylation sites (N-methyl/N-ethyl adjacent to an activating group) is 2. The standard InChI is InChI=1S/C97H157N9O34/c1-14-65(6)85(78(125-12)60-83(113)105-33-20-24-73(105)90(126-13)67(8)75(107)57-66(7)86(114)69-21-16-15-17-22-69)103(9)94(120)70(63(2)3)59-76(108)84(64(4)5)104(10)97(123)138-62-68-25-26-77(139-96-89(117)87(115)88(116)91(140-96)95(121)122)72(58-68)101-80(110)29-32-100-92(118)71(102-93(119)74(61-98)106-81(111)27-28-82(106)112)23-18-19-31-99-79(109)30-34-127-37-38-129-41-42-131-45-46-133-49-50-135-53-54-137-56-55-136-52-51-134-48-47-132-44-43-130-40-39-128-36-35-124-11/h15-17,21-22,25-28,58,63-67,70-71,73-74,78,84-91,96,114-117H,14,18-20,23-24,29-57,59-62,98H2,1-13H3,(H,99,109)(H,100,118)(H,101,110)(H,102,119)(H,121,122)/t65-,66-,67-,70-,71-,73-,74-,78+,84-,85-,86+,87-,88?,89+,90+,91-,96+/m0/s1. The number of unbranched alkanes of at least 4 members (excludes halogenated alkanes) is 1. The Hall–Kier alpha value is -8.78. The summed E-state index contributed by atoms with van der Waals surface area (Å²) in [7, 11) is 7.61. The van der Waals surface area contributed by atoms with Gasteiger partial charge in [0, 0.05) is 111 Å². The van der Waals surface area contributed by atoms with Crippen LogP contribution in [0.3, 0.4) is 0 Å². The number of Topliss-reactive ketones (excluding diaryl/α,β-unsaturated/α-hetero) is 2. The third-order valence-electron chi connectivity index (χ3n) is 24.3. The van der Waals surface area contributed by atoms with Gasteiger partial charge in [-0.15, -0.1) is 0 Å². The Morgan fingerprint density at radius 2 is 1.11 bits per heavy atom. The normalized spacial score (nSPS) is 18.9. The number of rotatable bonds is 77. The molecule has 3 heterocycles. The number of nitrogens with zero attached hydrogens (tertiary/aromatic N) is 4. The van der Waals surface area contributed by atoms with Crippen LogP contribution in [-0.4, -0.2) is 403 Å². The molecule has 1 unspecified atom stereocenters. The summed E-state index contributed by atoms with van der Waals surface area (Å²) in [5, 5.41) is 63.6. The van der Waals surface area contributed by atoms with E-state index in [0.717, 1.165) is 17.1 Å². The number of aliphatic hydroxyl groups is 4. The van der Waals surface area contributed by atoms with Crippen LogP contribution < -0.4 is 31.7 Å². The van der Waals surface area contributed by atoms with Crippen molar-refractivity contribution in [3.8, 4) is 5.75 Å². The zero-order chi connectivity index (χ0) is 103. The van der Waals surface area contributed by atoms with Crippen LogP contribution in [0.1, 0.15) is 143 Å². The van der Waals surface area contributed by atoms with Crippen molar-refractivity contribution >= 4 is 76.6 Å². The third kappa shape index (κ3) is 42.6. The Bertz CT molecular complexity index is 4010. The average Bonchev–Trinajstić information content (AvgIpc) is 1.05. The number of methoxy groups -OCH3 is 3. The van der Waals surface area contributed by atoms with E-state index in [9.17, 15) is 78.3 Å². The molecule has 0 spiro atoms. The minimum atomic E-state index is -2.10. The van der Waals surface area contributed by atoms with Crippen LogP contribution in [0.25, 0.3) is 0 Å². The predicted octanol–water partition coefficient (Wildman–Crippen LogP) is 2.72. The summed E-state index contributed by atoms with van der Waals surface area (Å²) in [6, 6.07) is 7.84. The second-order valence-corrected chi connectivity index (χ2v) is 35.3. The summed E-state index contributed by atoms with van der Waals surface area (Å²) in [6.07, 6.45) is -10.3. The number of likely N-dealkylation sites (tertiary alicyclic amines) is 1. The highest BCUT2D eigenvalue weighted by Crippen LogP contribution is 2.36. The summed E-state index contributed by atoms with van der Waals surface area (Å²) in [5.41, 5.74) is 6.56. The first-order valence-electron chi connectivity index (χ1n) is 48.4. The SMILES string of the molecule is CC[C@H](C)[C@@H]([C@@H](CC(=O)N1CCC[C@H]1[C@H](OC)[C@@H](C)C(=O)C[C@H](C)[C@@H](O)c1ccccc1)OC)N(C)C(=O)[C@@H](CC(=O)[C@H](C(C)C)N(C)C(=O)OCc1ccc(O[C@@H]2O[C@H](C(=O)O)C(O)[C@H](O)[C@H]2O)c(NC(=O)CCNC(=O)[C@H](CCCCNC(=O)CCOCCOCCOCCOCCOCCOCCOCCOCCOCCOCCOCCOC)NC(=O)[C@H](CN)N2C(=O)C=CC2=O)c1)C(C)C. The zero-order valence-electron chi connectivity index (χ0n) is 83.8. The number of benzene rings is 2. The van der Waals surface area contributed by atoms with E-state index in [4.69, 9.17) is 86.3 Å². The number of carboxylic acid groups (broad SMARTS) is 1. The lowest BCUT2D eigenvalue weighted by atomic mass is 9.83. The second-order valence-electron chi connectivity index (χ2n) is 35.3. The number of aliphatic carboxylic acids is 1. The Morgan fingerprint density at radius 3 is 1.61 bits per heavy atom. The van der Waals surface area contributed by atoms with E-state index in [1.54, 1.807) is 58.6 Å². The summed E-state index contributed by atoms with van der Waals surface area (Å²) < 4.78 is 94.6. The Morgan fingerprint density at radius 1 is 0.579 bits per heavy atom. The molecule has 140 heavy (non-hydrogen) atoms. The predicted molar refractivity (Wildman–Crippen MR) is 507 cm³/mol. The Kier molecular flexibility index (Phi) is 59.5.